The SMILES string of the molecule is N#Cc1cccc(-c2nnc(NC(=O)OCc3ccccc3)o2)c1. The maximum atomic E-state index is 11.7. The van der Waals surface area contributed by atoms with E-state index in [-0.39, 0.29) is 18.5 Å². The molecule has 0 saturated carbocycles. The topological polar surface area (TPSA) is 101 Å². The van der Waals surface area contributed by atoms with Gasteiger partial charge in [-0.2, -0.15) is 5.26 Å². The highest BCUT2D eigenvalue weighted by Gasteiger charge is 2.12. The Labute approximate surface area is 137 Å². The van der Waals surface area contributed by atoms with Crippen molar-refractivity contribution in [1.82, 2.24) is 10.2 Å². The molecule has 0 saturated heterocycles. The zero-order chi connectivity index (χ0) is 16.8. The minimum atomic E-state index is -0.695. The van der Waals surface area contributed by atoms with Crippen molar-refractivity contribution in [2.75, 3.05) is 5.32 Å². The number of ether oxygens (including phenoxy) is 1. The van der Waals surface area contributed by atoms with E-state index in [4.69, 9.17) is 14.4 Å². The van der Waals surface area contributed by atoms with Crippen molar-refractivity contribution in [3.63, 3.8) is 0 Å². The number of hydrogen-bond acceptors (Lipinski definition) is 6. The lowest BCUT2D eigenvalue weighted by atomic mass is 10.1. The third-order valence-corrected chi connectivity index (χ3v) is 3.09. The molecule has 0 spiro atoms. The molecule has 1 amide bonds. The van der Waals surface area contributed by atoms with Crippen LogP contribution in [0.15, 0.2) is 59.0 Å². The van der Waals surface area contributed by atoms with Crippen LogP contribution in [0, 0.1) is 11.3 Å². The number of nitrogens with zero attached hydrogens (tertiary/aromatic N) is 3. The summed E-state index contributed by atoms with van der Waals surface area (Å²) >= 11 is 0. The monoisotopic (exact) mass is 320 g/mol. The van der Waals surface area contributed by atoms with Crippen molar-refractivity contribution in [2.45, 2.75) is 6.61 Å². The van der Waals surface area contributed by atoms with Gasteiger partial charge in [-0.15, -0.1) is 5.10 Å². The summed E-state index contributed by atoms with van der Waals surface area (Å²) < 4.78 is 10.4. The number of carbonyl (C=O) groups excluding carboxylic acids is 1. The van der Waals surface area contributed by atoms with E-state index in [2.05, 4.69) is 15.5 Å². The second kappa shape index (κ2) is 7.07. The number of nitriles is 1. The lowest BCUT2D eigenvalue weighted by molar-refractivity contribution is 0.154. The molecular formula is C17H12N4O3. The molecule has 1 heterocycles. The number of nitrogens with one attached hydrogen (secondary N) is 1. The van der Waals surface area contributed by atoms with Gasteiger partial charge in [0.05, 0.1) is 11.6 Å². The molecule has 0 fully saturated rings. The van der Waals surface area contributed by atoms with E-state index in [0.717, 1.165) is 5.56 Å². The molecule has 3 rings (SSSR count). The van der Waals surface area contributed by atoms with Crippen LogP contribution in [0.1, 0.15) is 11.1 Å². The summed E-state index contributed by atoms with van der Waals surface area (Å²) in [5.74, 6) is 0.199. The summed E-state index contributed by atoms with van der Waals surface area (Å²) in [6, 6.07) is 18.0. The van der Waals surface area contributed by atoms with Crippen LogP contribution in [0.2, 0.25) is 0 Å². The molecule has 0 radical (unpaired) electrons. The fourth-order valence-electron chi connectivity index (χ4n) is 1.96. The zero-order valence-corrected chi connectivity index (χ0v) is 12.5. The Morgan fingerprint density at radius 3 is 2.79 bits per heavy atom. The van der Waals surface area contributed by atoms with E-state index in [9.17, 15) is 4.79 Å². The molecule has 0 atom stereocenters. The van der Waals surface area contributed by atoms with Gasteiger partial charge in [0.1, 0.15) is 6.61 Å². The molecule has 7 heteroatoms. The Bertz CT molecular complexity index is 884. The van der Waals surface area contributed by atoms with Gasteiger partial charge >= 0.3 is 12.1 Å². The third kappa shape index (κ3) is 3.75. The molecule has 0 aliphatic carbocycles. The first kappa shape index (κ1) is 15.2. The van der Waals surface area contributed by atoms with Gasteiger partial charge in [-0.3, -0.25) is 0 Å². The molecule has 0 bridgehead atoms. The molecule has 7 nitrogen and oxygen atoms in total. The minimum absolute atomic E-state index is 0.0783. The minimum Gasteiger partial charge on any atom is -0.444 e. The number of hydrogen-bond donors (Lipinski definition) is 1. The Morgan fingerprint density at radius 1 is 1.17 bits per heavy atom. The van der Waals surface area contributed by atoms with E-state index in [0.29, 0.717) is 11.1 Å². The molecule has 1 aromatic heterocycles. The van der Waals surface area contributed by atoms with Gasteiger partial charge in [0, 0.05) is 5.56 Å². The normalized spacial score (nSPS) is 9.96. The van der Waals surface area contributed by atoms with Crippen LogP contribution in [0.4, 0.5) is 10.8 Å². The molecule has 0 aliphatic rings. The molecule has 0 unspecified atom stereocenters. The molecule has 24 heavy (non-hydrogen) atoms. The van der Waals surface area contributed by atoms with E-state index < -0.39 is 6.09 Å². The van der Waals surface area contributed by atoms with Gasteiger partial charge < -0.3 is 9.15 Å². The first-order valence-electron chi connectivity index (χ1n) is 7.06. The number of aromatic nitrogens is 2. The lowest BCUT2D eigenvalue weighted by Crippen LogP contribution is -2.13. The van der Waals surface area contributed by atoms with Gasteiger partial charge in [0.15, 0.2) is 0 Å². The first-order valence-corrected chi connectivity index (χ1v) is 7.06. The Hall–Kier alpha value is -3.66. The van der Waals surface area contributed by atoms with Crippen LogP contribution in [0.3, 0.4) is 0 Å². The molecule has 3 aromatic rings. The van der Waals surface area contributed by atoms with Crippen LogP contribution in [0.5, 0.6) is 0 Å². The predicted octanol–water partition coefficient (Wildman–Crippen LogP) is 3.36. The molecule has 0 aliphatic heterocycles. The van der Waals surface area contributed by atoms with Crippen molar-refractivity contribution in [2.24, 2.45) is 0 Å². The van der Waals surface area contributed by atoms with E-state index >= 15 is 0 Å². The molecule has 2 aromatic carbocycles. The Balaban J connectivity index is 1.61. The predicted molar refractivity (Wildman–Crippen MR) is 84.7 cm³/mol. The summed E-state index contributed by atoms with van der Waals surface area (Å²) in [6.07, 6.45) is -0.695. The van der Waals surface area contributed by atoms with Gasteiger partial charge in [-0.05, 0) is 23.8 Å². The van der Waals surface area contributed by atoms with Gasteiger partial charge in [0.2, 0.25) is 5.89 Å². The van der Waals surface area contributed by atoms with Crippen molar-refractivity contribution < 1.29 is 13.9 Å². The van der Waals surface area contributed by atoms with Gasteiger partial charge in [0.25, 0.3) is 0 Å². The lowest BCUT2D eigenvalue weighted by Gasteiger charge is -2.03. The second-order valence-electron chi connectivity index (χ2n) is 4.79. The highest BCUT2D eigenvalue weighted by Crippen LogP contribution is 2.20. The van der Waals surface area contributed by atoms with Crippen LogP contribution in [-0.4, -0.2) is 16.3 Å². The summed E-state index contributed by atoms with van der Waals surface area (Å²) in [7, 11) is 0. The van der Waals surface area contributed by atoms with Crippen LogP contribution >= 0.6 is 0 Å². The second-order valence-corrected chi connectivity index (χ2v) is 4.79. The van der Waals surface area contributed by atoms with Crippen LogP contribution < -0.4 is 5.32 Å². The van der Waals surface area contributed by atoms with E-state index in [1.54, 1.807) is 24.3 Å². The Morgan fingerprint density at radius 2 is 2.00 bits per heavy atom. The molecule has 118 valence electrons. The smallest absolute Gasteiger partial charge is 0.415 e. The number of carbonyl (C=O) groups is 1. The fourth-order valence-corrected chi connectivity index (χ4v) is 1.96. The maximum absolute atomic E-state index is 11.7. The summed E-state index contributed by atoms with van der Waals surface area (Å²) in [6.45, 7) is 0.137. The number of anilines is 1. The highest BCUT2D eigenvalue weighted by atomic mass is 16.6. The van der Waals surface area contributed by atoms with Crippen molar-refractivity contribution in [3.8, 4) is 17.5 Å². The maximum Gasteiger partial charge on any atom is 0.415 e. The number of benzene rings is 2. The van der Waals surface area contributed by atoms with Crippen LogP contribution in [-0.2, 0) is 11.3 Å². The summed E-state index contributed by atoms with van der Waals surface area (Å²) in [5.41, 5.74) is 1.93. The quantitative estimate of drug-likeness (QED) is 0.791. The van der Waals surface area contributed by atoms with Gasteiger partial charge in [-0.25, -0.2) is 10.1 Å². The van der Waals surface area contributed by atoms with Crippen molar-refractivity contribution in [3.05, 3.63) is 65.7 Å². The standard InChI is InChI=1S/C17H12N4O3/c18-10-13-7-4-8-14(9-13)15-20-21-16(24-15)19-17(22)23-11-12-5-2-1-3-6-12/h1-9H,11H2,(H,19,21,22). The van der Waals surface area contributed by atoms with E-state index in [1.165, 1.54) is 0 Å². The van der Waals surface area contributed by atoms with Gasteiger partial charge in [-0.1, -0.05) is 41.5 Å². The number of amides is 1. The first-order chi connectivity index (χ1) is 11.7. The average molecular weight is 320 g/mol. The fraction of sp³-hybridized carbons (Fsp3) is 0.0588. The zero-order valence-electron chi connectivity index (χ0n) is 12.5. The van der Waals surface area contributed by atoms with E-state index in [1.807, 2.05) is 36.4 Å². The third-order valence-electron chi connectivity index (χ3n) is 3.09. The summed E-state index contributed by atoms with van der Waals surface area (Å²) in [5, 5.41) is 18.8. The molecular weight excluding hydrogens is 308 g/mol. The molecule has 1 N–H and O–H groups in total. The van der Waals surface area contributed by atoms with Crippen molar-refractivity contribution >= 4 is 12.1 Å². The largest absolute Gasteiger partial charge is 0.444 e. The highest BCUT2D eigenvalue weighted by molar-refractivity contribution is 5.81. The summed E-state index contributed by atoms with van der Waals surface area (Å²) in [4.78, 5) is 11.7. The van der Waals surface area contributed by atoms with Crippen LogP contribution in [0.25, 0.3) is 11.5 Å². The Kier molecular flexibility index (Phi) is 4.49. The van der Waals surface area contributed by atoms with Crippen molar-refractivity contribution in [1.29, 1.82) is 5.26 Å². The number of rotatable bonds is 4. The average Bonchev–Trinajstić information content (AvgIpc) is 3.09.